The smallest absolute Gasteiger partial charge is 0.245 e. The van der Waals surface area contributed by atoms with E-state index in [1.54, 1.807) is 9.80 Å². The Labute approximate surface area is 232 Å². The van der Waals surface area contributed by atoms with Crippen molar-refractivity contribution in [2.75, 3.05) is 26.2 Å². The van der Waals surface area contributed by atoms with Crippen molar-refractivity contribution in [3.05, 3.63) is 72.1 Å². The lowest BCUT2D eigenvalue weighted by Gasteiger charge is -2.38. The number of para-hydroxylation sites is 2. The number of rotatable bonds is 8. The van der Waals surface area contributed by atoms with Crippen LogP contribution in [0.2, 0.25) is 0 Å². The Balaban J connectivity index is 1.25. The molecule has 10 heteroatoms. The van der Waals surface area contributed by atoms with Gasteiger partial charge in [0.1, 0.15) is 12.1 Å². The standard InChI is InChI=1S/C30H34N6O4/c1-19(37)33-27(15-21-17-31-25-9-5-3-7-23(21)25)29(39)35-11-13-36(14-12-35)30(40)28(34-20(2)38)16-22-18-32-26-10-6-4-8-24(22)26/h3-10,17-18,27-28,31-32H,11-16H2,1-2H3,(H,33,37)(H,34,38). The second kappa shape index (κ2) is 11.6. The predicted molar refractivity (Wildman–Crippen MR) is 152 cm³/mol. The van der Waals surface area contributed by atoms with Gasteiger partial charge in [-0.25, -0.2) is 0 Å². The van der Waals surface area contributed by atoms with Gasteiger partial charge in [-0.3, -0.25) is 19.2 Å². The van der Waals surface area contributed by atoms with Crippen LogP contribution < -0.4 is 10.6 Å². The second-order valence-electron chi connectivity index (χ2n) is 10.3. The zero-order chi connectivity index (χ0) is 28.2. The Kier molecular flexibility index (Phi) is 7.86. The van der Waals surface area contributed by atoms with Gasteiger partial charge in [-0.05, 0) is 23.3 Å². The molecule has 0 spiro atoms. The van der Waals surface area contributed by atoms with Crippen LogP contribution in [0, 0.1) is 0 Å². The molecule has 2 atom stereocenters. The lowest BCUT2D eigenvalue weighted by atomic mass is 10.0. The number of fused-ring (bicyclic) bond motifs is 2. The average Bonchev–Trinajstić information content (AvgIpc) is 3.55. The predicted octanol–water partition coefficient (Wildman–Crippen LogP) is 2.11. The van der Waals surface area contributed by atoms with E-state index in [9.17, 15) is 19.2 Å². The minimum absolute atomic E-state index is 0.176. The van der Waals surface area contributed by atoms with E-state index >= 15 is 0 Å². The molecule has 4 amide bonds. The first kappa shape index (κ1) is 27.0. The Bertz CT molecular complexity index is 1430. The van der Waals surface area contributed by atoms with Crippen molar-refractivity contribution in [3.8, 4) is 0 Å². The van der Waals surface area contributed by atoms with Crippen LogP contribution in [0.25, 0.3) is 21.8 Å². The minimum Gasteiger partial charge on any atom is -0.361 e. The van der Waals surface area contributed by atoms with E-state index in [1.807, 2.05) is 60.9 Å². The van der Waals surface area contributed by atoms with Crippen LogP contribution in [0.5, 0.6) is 0 Å². The van der Waals surface area contributed by atoms with Crippen molar-refractivity contribution in [2.45, 2.75) is 38.8 Å². The molecule has 1 aliphatic rings. The molecule has 2 aromatic carbocycles. The normalized spacial score (nSPS) is 15.2. The van der Waals surface area contributed by atoms with E-state index in [4.69, 9.17) is 0 Å². The molecule has 10 nitrogen and oxygen atoms in total. The first-order valence-corrected chi connectivity index (χ1v) is 13.5. The van der Waals surface area contributed by atoms with E-state index in [-0.39, 0.29) is 23.6 Å². The maximum absolute atomic E-state index is 13.5. The van der Waals surface area contributed by atoms with Gasteiger partial charge in [0, 0.05) is 87.1 Å². The molecular formula is C30H34N6O4. The van der Waals surface area contributed by atoms with Crippen LogP contribution in [0.15, 0.2) is 60.9 Å². The maximum Gasteiger partial charge on any atom is 0.245 e. The third-order valence-electron chi connectivity index (χ3n) is 7.45. The monoisotopic (exact) mass is 542 g/mol. The summed E-state index contributed by atoms with van der Waals surface area (Å²) in [6.45, 7) is 4.18. The van der Waals surface area contributed by atoms with Gasteiger partial charge in [-0.2, -0.15) is 0 Å². The number of aromatic amines is 2. The third-order valence-corrected chi connectivity index (χ3v) is 7.45. The van der Waals surface area contributed by atoms with Gasteiger partial charge >= 0.3 is 0 Å². The van der Waals surface area contributed by atoms with Gasteiger partial charge in [-0.15, -0.1) is 0 Å². The molecule has 2 unspecified atom stereocenters. The molecule has 0 saturated carbocycles. The molecular weight excluding hydrogens is 508 g/mol. The molecule has 5 rings (SSSR count). The van der Waals surface area contributed by atoms with Gasteiger partial charge < -0.3 is 30.4 Å². The lowest BCUT2D eigenvalue weighted by molar-refractivity contribution is -0.143. The fraction of sp³-hybridized carbons (Fsp3) is 0.333. The molecule has 208 valence electrons. The molecule has 1 aliphatic heterocycles. The van der Waals surface area contributed by atoms with Crippen molar-refractivity contribution in [2.24, 2.45) is 0 Å². The average molecular weight is 543 g/mol. The van der Waals surface area contributed by atoms with Crippen LogP contribution in [0.1, 0.15) is 25.0 Å². The molecule has 4 N–H and O–H groups in total. The topological polar surface area (TPSA) is 130 Å². The van der Waals surface area contributed by atoms with E-state index < -0.39 is 12.1 Å². The van der Waals surface area contributed by atoms with Gasteiger partial charge in [0.15, 0.2) is 0 Å². The van der Waals surface area contributed by atoms with Crippen molar-refractivity contribution in [3.63, 3.8) is 0 Å². The van der Waals surface area contributed by atoms with Crippen molar-refractivity contribution >= 4 is 45.4 Å². The van der Waals surface area contributed by atoms with Crippen LogP contribution in [-0.2, 0) is 32.0 Å². The highest BCUT2D eigenvalue weighted by molar-refractivity contribution is 5.91. The highest BCUT2D eigenvalue weighted by atomic mass is 16.2. The summed E-state index contributed by atoms with van der Waals surface area (Å²) in [5.74, 6) is -0.903. The van der Waals surface area contributed by atoms with Crippen LogP contribution in [-0.4, -0.2) is 81.7 Å². The van der Waals surface area contributed by atoms with Crippen LogP contribution in [0.3, 0.4) is 0 Å². The Morgan fingerprint density at radius 1 is 0.675 bits per heavy atom. The number of piperazine rings is 1. The summed E-state index contributed by atoms with van der Waals surface area (Å²) in [5.41, 5.74) is 3.85. The molecule has 1 fully saturated rings. The summed E-state index contributed by atoms with van der Waals surface area (Å²) in [7, 11) is 0. The number of amides is 4. The van der Waals surface area contributed by atoms with Crippen LogP contribution in [0.4, 0.5) is 0 Å². The van der Waals surface area contributed by atoms with Crippen molar-refractivity contribution < 1.29 is 19.2 Å². The Hall–Kier alpha value is -4.60. The van der Waals surface area contributed by atoms with Gasteiger partial charge in [0.25, 0.3) is 0 Å². The SMILES string of the molecule is CC(=O)NC(Cc1c[nH]c2ccccc12)C(=O)N1CCN(C(=O)C(Cc2c[nH]c3ccccc23)NC(C)=O)CC1. The molecule has 0 bridgehead atoms. The molecule has 3 heterocycles. The van der Waals surface area contributed by atoms with Gasteiger partial charge in [0.2, 0.25) is 23.6 Å². The maximum atomic E-state index is 13.5. The van der Waals surface area contributed by atoms with Crippen molar-refractivity contribution in [1.29, 1.82) is 0 Å². The Morgan fingerprint density at radius 3 is 1.43 bits per heavy atom. The van der Waals surface area contributed by atoms with E-state index in [0.717, 1.165) is 32.9 Å². The highest BCUT2D eigenvalue weighted by Gasteiger charge is 2.33. The first-order chi connectivity index (χ1) is 19.3. The quantitative estimate of drug-likeness (QED) is 0.272. The first-order valence-electron chi connectivity index (χ1n) is 13.5. The molecule has 4 aromatic rings. The van der Waals surface area contributed by atoms with E-state index in [1.165, 1.54) is 13.8 Å². The third kappa shape index (κ3) is 5.85. The van der Waals surface area contributed by atoms with Gasteiger partial charge in [-0.1, -0.05) is 36.4 Å². The fourth-order valence-corrected chi connectivity index (χ4v) is 5.52. The zero-order valence-electron chi connectivity index (χ0n) is 22.7. The number of nitrogens with one attached hydrogen (secondary N) is 4. The number of nitrogens with zero attached hydrogens (tertiary/aromatic N) is 2. The number of benzene rings is 2. The van der Waals surface area contributed by atoms with E-state index in [2.05, 4.69) is 20.6 Å². The molecule has 1 saturated heterocycles. The number of aromatic nitrogens is 2. The van der Waals surface area contributed by atoms with Crippen LogP contribution >= 0.6 is 0 Å². The number of carbonyl (C=O) groups excluding carboxylic acids is 4. The summed E-state index contributed by atoms with van der Waals surface area (Å²) >= 11 is 0. The summed E-state index contributed by atoms with van der Waals surface area (Å²) in [6, 6.07) is 14.3. The zero-order valence-corrected chi connectivity index (χ0v) is 22.7. The summed E-state index contributed by atoms with van der Waals surface area (Å²) < 4.78 is 0. The highest BCUT2D eigenvalue weighted by Crippen LogP contribution is 2.21. The van der Waals surface area contributed by atoms with Gasteiger partial charge in [0.05, 0.1) is 0 Å². The largest absolute Gasteiger partial charge is 0.361 e. The fourth-order valence-electron chi connectivity index (χ4n) is 5.52. The minimum atomic E-state index is -0.715. The number of hydrogen-bond donors (Lipinski definition) is 4. The molecule has 2 aromatic heterocycles. The summed E-state index contributed by atoms with van der Waals surface area (Å²) in [5, 5.41) is 7.66. The summed E-state index contributed by atoms with van der Waals surface area (Å²) in [4.78, 5) is 60.8. The Morgan fingerprint density at radius 2 is 1.05 bits per heavy atom. The number of carbonyl (C=O) groups is 4. The second-order valence-corrected chi connectivity index (χ2v) is 10.3. The number of H-pyrrole nitrogens is 2. The lowest BCUT2D eigenvalue weighted by Crippen LogP contribution is -2.58. The molecule has 40 heavy (non-hydrogen) atoms. The van der Waals surface area contributed by atoms with E-state index in [0.29, 0.717) is 39.0 Å². The number of hydrogen-bond acceptors (Lipinski definition) is 4. The molecule has 0 aliphatic carbocycles. The molecule has 0 radical (unpaired) electrons. The van der Waals surface area contributed by atoms with Crippen molar-refractivity contribution in [1.82, 2.24) is 30.4 Å². The summed E-state index contributed by atoms with van der Waals surface area (Å²) in [6.07, 6.45) is 4.46.